The smallest absolute Gasteiger partial charge is 0.151 e. The third-order valence-electron chi connectivity index (χ3n) is 0.675. The number of aromatic amines is 1. The maximum absolute atomic E-state index is 8.60. The van der Waals surface area contributed by atoms with E-state index < -0.39 is 0 Å². The molecule has 0 aliphatic heterocycles. The Labute approximate surface area is 45.7 Å². The fraction of sp³-hybridized carbons (Fsp3) is 0. The molecule has 0 aliphatic rings. The van der Waals surface area contributed by atoms with Crippen molar-refractivity contribution in [2.24, 2.45) is 0 Å². The van der Waals surface area contributed by atoms with E-state index in [1.807, 2.05) is 0 Å². The molecule has 0 spiro atoms. The van der Waals surface area contributed by atoms with E-state index >= 15 is 0 Å². The van der Waals surface area contributed by atoms with Gasteiger partial charge in [-0.3, -0.25) is 0 Å². The predicted molar refractivity (Wildman–Crippen MR) is 27.5 cm³/mol. The van der Waals surface area contributed by atoms with Crippen molar-refractivity contribution in [2.75, 3.05) is 0 Å². The van der Waals surface area contributed by atoms with E-state index in [0.717, 1.165) is 0 Å². The molecule has 0 aliphatic carbocycles. The topological polar surface area (TPSA) is 36.0 Å². The van der Waals surface area contributed by atoms with Gasteiger partial charge in [-0.25, -0.2) is 0 Å². The van der Waals surface area contributed by atoms with Gasteiger partial charge in [-0.2, -0.15) is 0 Å². The molecule has 1 aromatic rings. The Balaban J connectivity index is 3.12. The van der Waals surface area contributed by atoms with E-state index in [1.165, 1.54) is 12.4 Å². The van der Waals surface area contributed by atoms with E-state index in [9.17, 15) is 0 Å². The number of aromatic nitrogens is 1. The molecule has 1 heterocycles. The van der Waals surface area contributed by atoms with E-state index in [-0.39, 0.29) is 5.75 Å². The van der Waals surface area contributed by atoms with Crippen molar-refractivity contribution in [1.82, 2.24) is 4.98 Å². The summed E-state index contributed by atoms with van der Waals surface area (Å²) in [7, 11) is 0. The molecule has 0 radical (unpaired) electrons. The van der Waals surface area contributed by atoms with Crippen molar-refractivity contribution >= 4 is 11.6 Å². The van der Waals surface area contributed by atoms with Gasteiger partial charge in [0.05, 0.1) is 5.02 Å². The standard InChI is InChI=1S/C4H4ClNO/c5-3-1-6-2-4(3)7/h1-2,6-7H. The van der Waals surface area contributed by atoms with Gasteiger partial charge in [0.2, 0.25) is 0 Å². The largest absolute Gasteiger partial charge is 0.505 e. The Morgan fingerprint density at radius 2 is 2.29 bits per heavy atom. The van der Waals surface area contributed by atoms with Crippen LogP contribution in [0.15, 0.2) is 12.4 Å². The average Bonchev–Trinajstić information content (AvgIpc) is 1.91. The van der Waals surface area contributed by atoms with Crippen LogP contribution in [0.4, 0.5) is 0 Å². The van der Waals surface area contributed by atoms with Crippen LogP contribution in [0.2, 0.25) is 5.02 Å². The second-order valence-electron chi connectivity index (χ2n) is 1.19. The lowest BCUT2D eigenvalue weighted by Crippen LogP contribution is -1.48. The molecule has 2 nitrogen and oxygen atoms in total. The highest BCUT2D eigenvalue weighted by molar-refractivity contribution is 6.31. The number of nitrogens with one attached hydrogen (secondary N) is 1. The van der Waals surface area contributed by atoms with Crippen molar-refractivity contribution in [3.63, 3.8) is 0 Å². The van der Waals surface area contributed by atoms with Crippen LogP contribution < -0.4 is 0 Å². The molecule has 1 aromatic heterocycles. The maximum atomic E-state index is 8.60. The first-order valence-corrected chi connectivity index (χ1v) is 2.20. The fourth-order valence-electron chi connectivity index (χ4n) is 0.337. The van der Waals surface area contributed by atoms with Gasteiger partial charge in [-0.05, 0) is 0 Å². The van der Waals surface area contributed by atoms with Crippen LogP contribution in [0.3, 0.4) is 0 Å². The molecule has 0 saturated heterocycles. The van der Waals surface area contributed by atoms with Gasteiger partial charge >= 0.3 is 0 Å². The second-order valence-corrected chi connectivity index (χ2v) is 1.60. The lowest BCUT2D eigenvalue weighted by molar-refractivity contribution is 0.476. The summed E-state index contributed by atoms with van der Waals surface area (Å²) in [6, 6.07) is 0. The van der Waals surface area contributed by atoms with Crippen molar-refractivity contribution in [1.29, 1.82) is 0 Å². The summed E-state index contributed by atoms with van der Waals surface area (Å²) in [5.74, 6) is 0.0988. The first-order valence-electron chi connectivity index (χ1n) is 1.82. The fourth-order valence-corrected chi connectivity index (χ4v) is 0.454. The molecule has 0 fully saturated rings. The van der Waals surface area contributed by atoms with Crippen molar-refractivity contribution in [2.45, 2.75) is 0 Å². The molecule has 0 aromatic carbocycles. The minimum Gasteiger partial charge on any atom is -0.505 e. The van der Waals surface area contributed by atoms with Crippen LogP contribution in [0.5, 0.6) is 5.75 Å². The number of H-pyrrole nitrogens is 1. The third kappa shape index (κ3) is 0.695. The van der Waals surface area contributed by atoms with Crippen LogP contribution in [0, 0.1) is 0 Å². The van der Waals surface area contributed by atoms with E-state index in [1.54, 1.807) is 0 Å². The second kappa shape index (κ2) is 1.46. The summed E-state index contributed by atoms with van der Waals surface area (Å²) < 4.78 is 0. The van der Waals surface area contributed by atoms with E-state index in [0.29, 0.717) is 5.02 Å². The summed E-state index contributed by atoms with van der Waals surface area (Å²) in [6.45, 7) is 0. The van der Waals surface area contributed by atoms with Gasteiger partial charge in [-0.15, -0.1) is 0 Å². The average molecular weight is 118 g/mol. The Kier molecular flexibility index (Phi) is 0.947. The highest BCUT2D eigenvalue weighted by atomic mass is 35.5. The number of halogens is 1. The molecular formula is C4H4ClNO. The third-order valence-corrected chi connectivity index (χ3v) is 0.978. The van der Waals surface area contributed by atoms with E-state index in [2.05, 4.69) is 4.98 Å². The number of hydrogen-bond acceptors (Lipinski definition) is 1. The first kappa shape index (κ1) is 4.53. The quantitative estimate of drug-likeness (QED) is 0.529. The zero-order chi connectivity index (χ0) is 5.28. The minimum absolute atomic E-state index is 0.0988. The molecule has 0 amide bonds. The van der Waals surface area contributed by atoms with Gasteiger partial charge in [0.25, 0.3) is 0 Å². The van der Waals surface area contributed by atoms with Crippen LogP contribution >= 0.6 is 11.6 Å². The number of rotatable bonds is 0. The summed E-state index contributed by atoms with van der Waals surface area (Å²) in [5.41, 5.74) is 0. The molecule has 1 rings (SSSR count). The van der Waals surface area contributed by atoms with Gasteiger partial charge in [0.1, 0.15) is 0 Å². The summed E-state index contributed by atoms with van der Waals surface area (Å²) in [6.07, 6.45) is 2.93. The molecule has 38 valence electrons. The molecule has 0 saturated carbocycles. The molecule has 2 N–H and O–H groups in total. The van der Waals surface area contributed by atoms with Crippen molar-refractivity contribution in [3.8, 4) is 5.75 Å². The van der Waals surface area contributed by atoms with Gasteiger partial charge in [-0.1, -0.05) is 11.6 Å². The number of aromatic hydroxyl groups is 1. The molecular weight excluding hydrogens is 114 g/mol. The number of hydrogen-bond donors (Lipinski definition) is 2. The van der Waals surface area contributed by atoms with E-state index in [4.69, 9.17) is 16.7 Å². The molecule has 0 unspecified atom stereocenters. The molecule has 7 heavy (non-hydrogen) atoms. The minimum atomic E-state index is 0.0988. The SMILES string of the molecule is Oc1c[nH]cc1Cl. The molecule has 3 heteroatoms. The predicted octanol–water partition coefficient (Wildman–Crippen LogP) is 1.37. The Bertz CT molecular complexity index is 144. The maximum Gasteiger partial charge on any atom is 0.151 e. The monoisotopic (exact) mass is 117 g/mol. The summed E-state index contributed by atoms with van der Waals surface area (Å²) >= 11 is 5.34. The van der Waals surface area contributed by atoms with Gasteiger partial charge in [0, 0.05) is 12.4 Å². The normalized spacial score (nSPS) is 9.29. The lowest BCUT2D eigenvalue weighted by Gasteiger charge is -1.76. The lowest BCUT2D eigenvalue weighted by atomic mass is 10.6. The van der Waals surface area contributed by atoms with Gasteiger partial charge < -0.3 is 10.1 Å². The van der Waals surface area contributed by atoms with Crippen molar-refractivity contribution in [3.05, 3.63) is 17.4 Å². The van der Waals surface area contributed by atoms with Crippen LogP contribution in [-0.4, -0.2) is 10.1 Å². The van der Waals surface area contributed by atoms with Gasteiger partial charge in [0.15, 0.2) is 5.75 Å². The van der Waals surface area contributed by atoms with Crippen molar-refractivity contribution < 1.29 is 5.11 Å². The highest BCUT2D eigenvalue weighted by Crippen LogP contribution is 2.19. The molecule has 0 bridgehead atoms. The Morgan fingerprint density at radius 1 is 1.57 bits per heavy atom. The van der Waals surface area contributed by atoms with Crippen LogP contribution in [0.1, 0.15) is 0 Å². The zero-order valence-corrected chi connectivity index (χ0v) is 4.24. The zero-order valence-electron chi connectivity index (χ0n) is 3.48. The van der Waals surface area contributed by atoms with Crippen LogP contribution in [0.25, 0.3) is 0 Å². The van der Waals surface area contributed by atoms with Crippen LogP contribution in [-0.2, 0) is 0 Å². The highest BCUT2D eigenvalue weighted by Gasteiger charge is 1.92. The summed E-state index contributed by atoms with van der Waals surface area (Å²) in [5, 5.41) is 8.96. The Hall–Kier alpha value is -0.630. The Morgan fingerprint density at radius 3 is 2.43 bits per heavy atom. The first-order chi connectivity index (χ1) is 3.30. The summed E-state index contributed by atoms with van der Waals surface area (Å²) in [4.78, 5) is 2.62. The molecule has 0 atom stereocenters.